The number of para-hydroxylation sites is 1. The van der Waals surface area contributed by atoms with E-state index < -0.39 is 11.8 Å². The number of nitrogens with zero attached hydrogens (tertiary/aromatic N) is 1. The first-order chi connectivity index (χ1) is 17.1. The number of hydrogen-bond acceptors (Lipinski definition) is 5. The van der Waals surface area contributed by atoms with Crippen LogP contribution < -0.4 is 16.0 Å². The van der Waals surface area contributed by atoms with Gasteiger partial charge in [0.1, 0.15) is 0 Å². The van der Waals surface area contributed by atoms with Crippen LogP contribution in [0.15, 0.2) is 72.9 Å². The standard InChI is InChI=1S/C28H27ClN4O2/c29-25-6-2-3-7-26(25)31-21-12-13-22-23(16-21)24(28(35)32-27(22)34)17-30-20-10-8-19(9-11-20)18-33-14-4-1-5-15-33/h2-3,6-13,16-17,30-31H,1,4-5,14-15,18H2,(H,32,34,35)/b24-17-. The molecule has 3 N–H and O–H groups in total. The van der Waals surface area contributed by atoms with Gasteiger partial charge in [-0.2, -0.15) is 0 Å². The summed E-state index contributed by atoms with van der Waals surface area (Å²) in [4.78, 5) is 27.6. The maximum atomic E-state index is 12.7. The van der Waals surface area contributed by atoms with Crippen molar-refractivity contribution in [1.29, 1.82) is 0 Å². The quantitative estimate of drug-likeness (QED) is 0.303. The highest BCUT2D eigenvalue weighted by Crippen LogP contribution is 2.30. The van der Waals surface area contributed by atoms with Crippen LogP contribution >= 0.6 is 11.6 Å². The molecule has 1 fully saturated rings. The zero-order valence-corrected chi connectivity index (χ0v) is 20.1. The Balaban J connectivity index is 1.35. The lowest BCUT2D eigenvalue weighted by Gasteiger charge is -2.26. The van der Waals surface area contributed by atoms with Crippen molar-refractivity contribution in [2.24, 2.45) is 0 Å². The van der Waals surface area contributed by atoms with Crippen LogP contribution in [0.4, 0.5) is 17.1 Å². The normalized spacial score (nSPS) is 17.1. The van der Waals surface area contributed by atoms with Gasteiger partial charge in [-0.25, -0.2) is 0 Å². The van der Waals surface area contributed by atoms with Crippen LogP contribution in [0.5, 0.6) is 0 Å². The molecule has 0 atom stereocenters. The number of rotatable bonds is 6. The smallest absolute Gasteiger partial charge is 0.260 e. The lowest BCUT2D eigenvalue weighted by Crippen LogP contribution is -2.36. The number of amides is 2. The Morgan fingerprint density at radius 3 is 2.37 bits per heavy atom. The molecule has 0 bridgehead atoms. The molecule has 6 nitrogen and oxygen atoms in total. The van der Waals surface area contributed by atoms with Crippen LogP contribution in [-0.4, -0.2) is 29.8 Å². The van der Waals surface area contributed by atoms with E-state index in [-0.39, 0.29) is 0 Å². The molecule has 35 heavy (non-hydrogen) atoms. The Morgan fingerprint density at radius 2 is 1.60 bits per heavy atom. The lowest BCUT2D eigenvalue weighted by molar-refractivity contribution is -0.114. The van der Waals surface area contributed by atoms with Gasteiger partial charge >= 0.3 is 0 Å². The largest absolute Gasteiger partial charge is 0.361 e. The Hall–Kier alpha value is -3.61. The van der Waals surface area contributed by atoms with Crippen LogP contribution in [0, 0.1) is 0 Å². The Bertz CT molecular complexity index is 1280. The zero-order valence-electron chi connectivity index (χ0n) is 19.3. The van der Waals surface area contributed by atoms with Crippen molar-refractivity contribution >= 4 is 46.1 Å². The van der Waals surface area contributed by atoms with Crippen LogP contribution in [0.25, 0.3) is 5.57 Å². The van der Waals surface area contributed by atoms with Gasteiger partial charge in [-0.1, -0.05) is 42.3 Å². The van der Waals surface area contributed by atoms with Gasteiger partial charge < -0.3 is 10.6 Å². The van der Waals surface area contributed by atoms with E-state index in [9.17, 15) is 9.59 Å². The van der Waals surface area contributed by atoms with Gasteiger partial charge in [-0.3, -0.25) is 19.8 Å². The number of likely N-dealkylation sites (tertiary alicyclic amines) is 1. The minimum atomic E-state index is -0.438. The van der Waals surface area contributed by atoms with Gasteiger partial charge in [0.15, 0.2) is 0 Å². The number of piperidine rings is 1. The summed E-state index contributed by atoms with van der Waals surface area (Å²) in [5.41, 5.74) is 5.01. The van der Waals surface area contributed by atoms with E-state index in [4.69, 9.17) is 11.6 Å². The third-order valence-corrected chi connectivity index (χ3v) is 6.70. The van der Waals surface area contributed by atoms with Gasteiger partial charge in [0.25, 0.3) is 11.8 Å². The zero-order chi connectivity index (χ0) is 24.2. The molecular weight excluding hydrogens is 460 g/mol. The van der Waals surface area contributed by atoms with Crippen LogP contribution in [-0.2, 0) is 11.3 Å². The van der Waals surface area contributed by atoms with Crippen LogP contribution in [0.2, 0.25) is 5.02 Å². The first-order valence-corrected chi connectivity index (χ1v) is 12.2. The molecule has 2 aliphatic heterocycles. The molecule has 0 radical (unpaired) electrons. The molecule has 178 valence electrons. The van der Waals surface area contributed by atoms with E-state index in [0.717, 1.165) is 36.7 Å². The van der Waals surface area contributed by atoms with Crippen molar-refractivity contribution in [2.45, 2.75) is 25.8 Å². The second-order valence-corrected chi connectivity index (χ2v) is 9.29. The van der Waals surface area contributed by atoms with Gasteiger partial charge in [0, 0.05) is 35.2 Å². The van der Waals surface area contributed by atoms with Gasteiger partial charge in [0.05, 0.1) is 16.3 Å². The molecule has 3 aromatic carbocycles. The highest BCUT2D eigenvalue weighted by atomic mass is 35.5. The minimum Gasteiger partial charge on any atom is -0.361 e. The summed E-state index contributed by atoms with van der Waals surface area (Å²) < 4.78 is 0. The highest BCUT2D eigenvalue weighted by Gasteiger charge is 2.27. The van der Waals surface area contributed by atoms with Crippen molar-refractivity contribution in [1.82, 2.24) is 10.2 Å². The average Bonchev–Trinajstić information content (AvgIpc) is 2.87. The van der Waals surface area contributed by atoms with E-state index in [1.54, 1.807) is 30.5 Å². The predicted molar refractivity (Wildman–Crippen MR) is 141 cm³/mol. The third-order valence-electron chi connectivity index (χ3n) is 6.37. The van der Waals surface area contributed by atoms with Gasteiger partial charge in [-0.15, -0.1) is 0 Å². The van der Waals surface area contributed by atoms with E-state index in [2.05, 4.69) is 33.0 Å². The summed E-state index contributed by atoms with van der Waals surface area (Å²) in [6, 6.07) is 21.0. The molecule has 2 aliphatic rings. The number of carbonyl (C=O) groups excluding carboxylic acids is 2. The monoisotopic (exact) mass is 486 g/mol. The molecule has 0 unspecified atom stereocenters. The molecule has 5 rings (SSSR count). The molecule has 0 saturated carbocycles. The Labute approximate surface area is 210 Å². The maximum absolute atomic E-state index is 12.7. The molecule has 7 heteroatoms. The molecular formula is C28H27ClN4O2. The first kappa shape index (κ1) is 23.1. The summed E-state index contributed by atoms with van der Waals surface area (Å²) in [5, 5.41) is 9.48. The average molecular weight is 487 g/mol. The topological polar surface area (TPSA) is 73.5 Å². The molecule has 0 spiro atoms. The summed E-state index contributed by atoms with van der Waals surface area (Å²) in [6.45, 7) is 3.28. The molecule has 2 heterocycles. The number of imide groups is 1. The number of halogens is 1. The number of fused-ring (bicyclic) bond motifs is 1. The van der Waals surface area contributed by atoms with E-state index in [1.165, 1.54) is 24.8 Å². The van der Waals surface area contributed by atoms with E-state index in [0.29, 0.717) is 21.7 Å². The maximum Gasteiger partial charge on any atom is 0.260 e. The predicted octanol–water partition coefficient (Wildman–Crippen LogP) is 5.79. The highest BCUT2D eigenvalue weighted by molar-refractivity contribution is 6.33. The van der Waals surface area contributed by atoms with Crippen molar-refractivity contribution < 1.29 is 9.59 Å². The molecule has 1 saturated heterocycles. The van der Waals surface area contributed by atoms with Crippen molar-refractivity contribution in [3.05, 3.63) is 94.6 Å². The van der Waals surface area contributed by atoms with Gasteiger partial charge in [0.2, 0.25) is 0 Å². The fourth-order valence-corrected chi connectivity index (χ4v) is 4.68. The SMILES string of the molecule is O=C1NC(=O)c2ccc(Nc3ccccc3Cl)cc2/C1=C/Nc1ccc(CN2CCCCC2)cc1. The first-order valence-electron chi connectivity index (χ1n) is 11.9. The molecule has 3 aromatic rings. The second-order valence-electron chi connectivity index (χ2n) is 8.88. The van der Waals surface area contributed by atoms with Crippen LogP contribution in [0.3, 0.4) is 0 Å². The van der Waals surface area contributed by atoms with Crippen LogP contribution in [0.1, 0.15) is 40.7 Å². The Morgan fingerprint density at radius 1 is 0.857 bits per heavy atom. The van der Waals surface area contributed by atoms with E-state index >= 15 is 0 Å². The third kappa shape index (κ3) is 5.39. The van der Waals surface area contributed by atoms with E-state index in [1.807, 2.05) is 30.3 Å². The lowest BCUT2D eigenvalue weighted by atomic mass is 9.94. The Kier molecular flexibility index (Phi) is 6.84. The molecule has 0 aliphatic carbocycles. The number of benzene rings is 3. The molecule has 0 aromatic heterocycles. The summed E-state index contributed by atoms with van der Waals surface area (Å²) >= 11 is 6.27. The summed E-state index contributed by atoms with van der Waals surface area (Å²) in [5.74, 6) is -0.847. The van der Waals surface area contributed by atoms with Gasteiger partial charge in [-0.05, 0) is 74.0 Å². The fraction of sp³-hybridized carbons (Fsp3) is 0.214. The number of hydrogen-bond donors (Lipinski definition) is 3. The fourth-order valence-electron chi connectivity index (χ4n) is 4.50. The van der Waals surface area contributed by atoms with Crippen molar-refractivity contribution in [3.8, 4) is 0 Å². The number of anilines is 3. The molecule has 2 amide bonds. The number of carbonyl (C=O) groups is 2. The summed E-state index contributed by atoms with van der Waals surface area (Å²) in [7, 11) is 0. The minimum absolute atomic E-state index is 0.389. The summed E-state index contributed by atoms with van der Waals surface area (Å²) in [6.07, 6.45) is 5.52. The number of nitrogens with one attached hydrogen (secondary N) is 3. The van der Waals surface area contributed by atoms with Crippen molar-refractivity contribution in [3.63, 3.8) is 0 Å². The van der Waals surface area contributed by atoms with Crippen molar-refractivity contribution in [2.75, 3.05) is 23.7 Å². The second kappa shape index (κ2) is 10.3.